The molecule has 1 aliphatic rings. The van der Waals surface area contributed by atoms with Crippen LogP contribution >= 0.6 is 0 Å². The molecule has 1 aromatic rings. The number of β-amino-alcohol motifs (C(OH)–C–C–N with tert-alkyl or cyclic N) is 1. The van der Waals surface area contributed by atoms with Gasteiger partial charge in [0, 0.05) is 24.5 Å². The Balaban J connectivity index is 2.24. The topological polar surface area (TPSA) is 90.2 Å². The molecule has 134 valence electrons. The van der Waals surface area contributed by atoms with E-state index < -0.39 is 17.8 Å². The van der Waals surface area contributed by atoms with Crippen molar-refractivity contribution in [3.63, 3.8) is 0 Å². The van der Waals surface area contributed by atoms with E-state index in [2.05, 4.69) is 0 Å². The zero-order valence-electron chi connectivity index (χ0n) is 14.6. The maximum atomic E-state index is 12.4. The van der Waals surface area contributed by atoms with Gasteiger partial charge >= 0.3 is 6.09 Å². The summed E-state index contributed by atoms with van der Waals surface area (Å²) in [4.78, 5) is 13.9. The Hall–Kier alpha value is -1.79. The van der Waals surface area contributed by atoms with E-state index in [0.717, 1.165) is 5.56 Å². The highest BCUT2D eigenvalue weighted by Crippen LogP contribution is 2.38. The number of phenols is 1. The van der Waals surface area contributed by atoms with Crippen LogP contribution < -0.4 is 0 Å². The van der Waals surface area contributed by atoms with Gasteiger partial charge in [0.1, 0.15) is 11.4 Å². The minimum Gasteiger partial charge on any atom is -0.508 e. The molecule has 4 atom stereocenters. The largest absolute Gasteiger partial charge is 0.508 e. The Morgan fingerprint density at radius 1 is 1.29 bits per heavy atom. The highest BCUT2D eigenvalue weighted by atomic mass is 16.6. The van der Waals surface area contributed by atoms with Crippen molar-refractivity contribution in [3.05, 3.63) is 29.8 Å². The predicted molar refractivity (Wildman–Crippen MR) is 89.8 cm³/mol. The quantitative estimate of drug-likeness (QED) is 0.769. The second kappa shape index (κ2) is 6.99. The van der Waals surface area contributed by atoms with Gasteiger partial charge in [0.2, 0.25) is 0 Å². The minimum atomic E-state index is -0.824. The Morgan fingerprint density at radius 2 is 1.88 bits per heavy atom. The molecular weight excluding hydrogens is 310 g/mol. The molecule has 0 spiro atoms. The first-order chi connectivity index (χ1) is 11.1. The first-order valence-electron chi connectivity index (χ1n) is 8.21. The number of nitrogens with zero attached hydrogens (tertiary/aromatic N) is 1. The molecule has 0 aromatic heterocycles. The molecule has 6 heteroatoms. The summed E-state index contributed by atoms with van der Waals surface area (Å²) < 4.78 is 5.41. The molecule has 1 aromatic carbocycles. The average molecular weight is 337 g/mol. The third kappa shape index (κ3) is 3.99. The molecule has 1 heterocycles. The van der Waals surface area contributed by atoms with Gasteiger partial charge in [-0.2, -0.15) is 0 Å². The van der Waals surface area contributed by atoms with Gasteiger partial charge in [-0.15, -0.1) is 0 Å². The highest BCUT2D eigenvalue weighted by molar-refractivity contribution is 5.69. The number of aromatic hydroxyl groups is 1. The molecule has 6 nitrogen and oxygen atoms in total. The van der Waals surface area contributed by atoms with Crippen LogP contribution in [0.3, 0.4) is 0 Å². The van der Waals surface area contributed by atoms with Crippen molar-refractivity contribution >= 4 is 6.09 Å². The van der Waals surface area contributed by atoms with Crippen LogP contribution in [0.4, 0.5) is 4.79 Å². The molecular formula is C18H27NO5. The number of carbonyl (C=O) groups excluding carboxylic acids is 1. The number of amides is 1. The van der Waals surface area contributed by atoms with E-state index in [0.29, 0.717) is 0 Å². The van der Waals surface area contributed by atoms with Gasteiger partial charge < -0.3 is 25.0 Å². The van der Waals surface area contributed by atoms with E-state index in [1.54, 1.807) is 45.0 Å². The summed E-state index contributed by atoms with van der Waals surface area (Å²) in [5, 5.41) is 29.9. The van der Waals surface area contributed by atoms with E-state index in [9.17, 15) is 20.1 Å². The molecule has 0 saturated carbocycles. The van der Waals surface area contributed by atoms with Crippen molar-refractivity contribution in [2.24, 2.45) is 5.92 Å². The Kier molecular flexibility index (Phi) is 5.40. The molecule has 1 fully saturated rings. The summed E-state index contributed by atoms with van der Waals surface area (Å²) in [6.07, 6.45) is -1.31. The van der Waals surface area contributed by atoms with Crippen molar-refractivity contribution < 1.29 is 24.9 Å². The number of benzene rings is 1. The fourth-order valence-corrected chi connectivity index (χ4v) is 3.29. The highest BCUT2D eigenvalue weighted by Gasteiger charge is 2.44. The lowest BCUT2D eigenvalue weighted by Crippen LogP contribution is -2.57. The minimum absolute atomic E-state index is 0.137. The predicted octanol–water partition coefficient (Wildman–Crippen LogP) is 2.08. The summed E-state index contributed by atoms with van der Waals surface area (Å²) >= 11 is 0. The van der Waals surface area contributed by atoms with Gasteiger partial charge in [0.05, 0.1) is 12.6 Å². The first kappa shape index (κ1) is 18.5. The van der Waals surface area contributed by atoms with Gasteiger partial charge in [0.15, 0.2) is 0 Å². The maximum absolute atomic E-state index is 12.4. The number of piperidine rings is 1. The lowest BCUT2D eigenvalue weighted by atomic mass is 9.75. The first-order valence-corrected chi connectivity index (χ1v) is 8.21. The number of likely N-dealkylation sites (tertiary alicyclic amines) is 1. The number of aliphatic hydroxyl groups is 2. The second-order valence-corrected chi connectivity index (χ2v) is 7.40. The molecule has 2 rings (SSSR count). The van der Waals surface area contributed by atoms with Crippen LogP contribution in [-0.4, -0.2) is 57.2 Å². The zero-order chi connectivity index (χ0) is 18.1. The summed E-state index contributed by atoms with van der Waals surface area (Å²) in [5.41, 5.74) is 0.208. The molecule has 3 N–H and O–H groups in total. The van der Waals surface area contributed by atoms with Gasteiger partial charge in [-0.05, 0) is 45.4 Å². The van der Waals surface area contributed by atoms with E-state index in [-0.39, 0.29) is 36.8 Å². The van der Waals surface area contributed by atoms with E-state index in [1.807, 2.05) is 6.92 Å². The van der Waals surface area contributed by atoms with Crippen molar-refractivity contribution in [2.75, 3.05) is 13.2 Å². The molecule has 4 unspecified atom stereocenters. The van der Waals surface area contributed by atoms with Crippen LogP contribution in [0.1, 0.15) is 39.2 Å². The van der Waals surface area contributed by atoms with Crippen LogP contribution in [0.5, 0.6) is 5.75 Å². The number of rotatable bonds is 2. The lowest BCUT2D eigenvalue weighted by Gasteiger charge is -2.46. The molecule has 0 radical (unpaired) electrons. The number of hydrogen-bond donors (Lipinski definition) is 3. The van der Waals surface area contributed by atoms with E-state index >= 15 is 0 Å². The summed E-state index contributed by atoms with van der Waals surface area (Å²) in [7, 11) is 0. The van der Waals surface area contributed by atoms with Crippen LogP contribution in [-0.2, 0) is 4.74 Å². The van der Waals surface area contributed by atoms with Crippen LogP contribution in [0.15, 0.2) is 24.3 Å². The number of carbonyl (C=O) groups is 1. The van der Waals surface area contributed by atoms with Crippen LogP contribution in [0.25, 0.3) is 0 Å². The van der Waals surface area contributed by atoms with Gasteiger partial charge in [0.25, 0.3) is 0 Å². The monoisotopic (exact) mass is 337 g/mol. The molecule has 1 aliphatic heterocycles. The normalized spacial score (nSPS) is 27.8. The average Bonchev–Trinajstić information content (AvgIpc) is 2.48. The zero-order valence-corrected chi connectivity index (χ0v) is 14.6. The van der Waals surface area contributed by atoms with Gasteiger partial charge in [-0.1, -0.05) is 12.1 Å². The molecule has 1 saturated heterocycles. The van der Waals surface area contributed by atoms with Gasteiger partial charge in [-0.25, -0.2) is 4.79 Å². The number of hydrogen-bond acceptors (Lipinski definition) is 5. The number of phenolic OH excluding ortho intramolecular Hbond substituents is 1. The summed E-state index contributed by atoms with van der Waals surface area (Å²) in [6, 6.07) is 6.30. The third-order valence-electron chi connectivity index (χ3n) is 4.49. The van der Waals surface area contributed by atoms with Crippen molar-refractivity contribution in [1.29, 1.82) is 0 Å². The number of ether oxygens (including phenoxy) is 1. The molecule has 0 aliphatic carbocycles. The molecule has 0 bridgehead atoms. The fourth-order valence-electron chi connectivity index (χ4n) is 3.29. The maximum Gasteiger partial charge on any atom is 0.410 e. The molecule has 1 amide bonds. The second-order valence-electron chi connectivity index (χ2n) is 7.40. The SMILES string of the molecule is CC1C(CO)C(c2ccc(O)cc2)C(O)CN1C(=O)OC(C)(C)C. The van der Waals surface area contributed by atoms with Crippen molar-refractivity contribution in [3.8, 4) is 5.75 Å². The summed E-state index contributed by atoms with van der Waals surface area (Å²) in [6.45, 7) is 7.20. The van der Waals surface area contributed by atoms with E-state index in [1.165, 1.54) is 4.90 Å². The van der Waals surface area contributed by atoms with Crippen molar-refractivity contribution in [1.82, 2.24) is 4.90 Å². The van der Waals surface area contributed by atoms with E-state index in [4.69, 9.17) is 4.74 Å². The van der Waals surface area contributed by atoms with Crippen LogP contribution in [0.2, 0.25) is 0 Å². The Morgan fingerprint density at radius 3 is 2.38 bits per heavy atom. The van der Waals surface area contributed by atoms with Crippen molar-refractivity contribution in [2.45, 2.75) is 51.4 Å². The fraction of sp³-hybridized carbons (Fsp3) is 0.611. The van der Waals surface area contributed by atoms with Crippen LogP contribution in [0, 0.1) is 5.92 Å². The lowest BCUT2D eigenvalue weighted by molar-refractivity contribution is -0.0475. The summed E-state index contributed by atoms with van der Waals surface area (Å²) in [5.74, 6) is -0.497. The standard InChI is InChI=1S/C18H27NO5/c1-11-14(10-20)16(12-5-7-13(21)8-6-12)15(22)9-19(11)17(23)24-18(2,3)4/h5-8,11,14-16,20-22H,9-10H2,1-4H3. The Bertz CT molecular complexity index is 566. The third-order valence-corrected chi connectivity index (χ3v) is 4.49. The Labute approximate surface area is 142 Å². The van der Waals surface area contributed by atoms with Gasteiger partial charge in [-0.3, -0.25) is 0 Å². The molecule has 24 heavy (non-hydrogen) atoms. The smallest absolute Gasteiger partial charge is 0.410 e. The number of aliphatic hydroxyl groups excluding tert-OH is 2.